The molecule has 0 aromatic heterocycles. The maximum absolute atomic E-state index is 12.7. The number of fused-ring (bicyclic) bond motifs is 1. The van der Waals surface area contributed by atoms with Crippen molar-refractivity contribution in [2.24, 2.45) is 0 Å². The van der Waals surface area contributed by atoms with E-state index in [-0.39, 0.29) is 24.6 Å². The quantitative estimate of drug-likeness (QED) is 0.905. The molecule has 0 unspecified atom stereocenters. The van der Waals surface area contributed by atoms with Gasteiger partial charge in [0.05, 0.1) is 18.8 Å². The minimum Gasteiger partial charge on any atom is -0.497 e. The van der Waals surface area contributed by atoms with Gasteiger partial charge in [0.1, 0.15) is 11.5 Å². The van der Waals surface area contributed by atoms with E-state index < -0.39 is 0 Å². The van der Waals surface area contributed by atoms with Gasteiger partial charge in [0.15, 0.2) is 6.61 Å². The molecule has 2 aliphatic heterocycles. The average Bonchev–Trinajstić information content (AvgIpc) is 2.64. The summed E-state index contributed by atoms with van der Waals surface area (Å²) in [7, 11) is 3.34. The van der Waals surface area contributed by atoms with Crippen LogP contribution in [0.2, 0.25) is 0 Å². The van der Waals surface area contributed by atoms with Crippen LogP contribution in [-0.2, 0) is 4.79 Å². The Balaban J connectivity index is 1.47. The zero-order chi connectivity index (χ0) is 19.0. The third-order valence-electron chi connectivity index (χ3n) is 5.06. The second-order valence-corrected chi connectivity index (χ2v) is 6.63. The first kappa shape index (κ1) is 17.2. The molecule has 1 fully saturated rings. The molecule has 0 radical (unpaired) electrons. The average molecular weight is 367 g/mol. The molecule has 0 aliphatic carbocycles. The van der Waals surface area contributed by atoms with Crippen LogP contribution in [-0.4, -0.2) is 44.1 Å². The lowest BCUT2D eigenvalue weighted by molar-refractivity contribution is -0.120. The number of likely N-dealkylation sites (tertiary alicyclic amines) is 1. The van der Waals surface area contributed by atoms with Crippen LogP contribution < -0.4 is 19.7 Å². The number of rotatable bonds is 3. The van der Waals surface area contributed by atoms with Crippen molar-refractivity contribution in [1.82, 2.24) is 4.90 Å². The Morgan fingerprint density at radius 1 is 1.26 bits per heavy atom. The molecule has 1 N–H and O–H groups in total. The number of hydrogen-bond acceptors (Lipinski definition) is 4. The number of carbonyl (C=O) groups is 2. The Morgan fingerprint density at radius 3 is 2.85 bits per heavy atom. The molecule has 0 spiro atoms. The summed E-state index contributed by atoms with van der Waals surface area (Å²) in [6.45, 7) is 0.706. The van der Waals surface area contributed by atoms with E-state index in [0.717, 1.165) is 17.7 Å². The molecule has 1 saturated heterocycles. The minimum absolute atomic E-state index is 0.00490. The fraction of sp³-hybridized carbons (Fsp3) is 0.300. The fourth-order valence-corrected chi connectivity index (χ4v) is 3.38. The van der Waals surface area contributed by atoms with E-state index in [1.165, 1.54) is 0 Å². The van der Waals surface area contributed by atoms with Crippen LogP contribution in [0.5, 0.6) is 11.5 Å². The van der Waals surface area contributed by atoms with Gasteiger partial charge >= 0.3 is 6.03 Å². The zero-order valence-electron chi connectivity index (χ0n) is 15.3. The fourth-order valence-electron chi connectivity index (χ4n) is 3.38. The van der Waals surface area contributed by atoms with E-state index in [1.54, 1.807) is 42.2 Å². The van der Waals surface area contributed by atoms with Crippen molar-refractivity contribution < 1.29 is 19.1 Å². The van der Waals surface area contributed by atoms with Gasteiger partial charge in [-0.1, -0.05) is 12.1 Å². The maximum atomic E-state index is 12.7. The SMILES string of the molecule is COc1cccc([C@@H]2CCN2C(=O)Nc2ccc3c(c2)OCC(=O)N3C)c1. The Bertz CT molecular complexity index is 899. The van der Waals surface area contributed by atoms with Gasteiger partial charge in [-0.3, -0.25) is 4.79 Å². The molecule has 7 heteroatoms. The maximum Gasteiger partial charge on any atom is 0.322 e. The summed E-state index contributed by atoms with van der Waals surface area (Å²) in [5, 5.41) is 2.92. The molecule has 1 atom stereocenters. The number of amides is 3. The molecule has 2 heterocycles. The third kappa shape index (κ3) is 3.16. The number of hydrogen-bond donors (Lipinski definition) is 1. The summed E-state index contributed by atoms with van der Waals surface area (Å²) in [6, 6.07) is 13.0. The van der Waals surface area contributed by atoms with Gasteiger partial charge in [-0.2, -0.15) is 0 Å². The number of nitrogens with zero attached hydrogens (tertiary/aromatic N) is 2. The Morgan fingerprint density at radius 2 is 2.11 bits per heavy atom. The predicted molar refractivity (Wildman–Crippen MR) is 101 cm³/mol. The molecule has 27 heavy (non-hydrogen) atoms. The van der Waals surface area contributed by atoms with Gasteiger partial charge in [0, 0.05) is 25.3 Å². The molecule has 0 saturated carbocycles. The number of anilines is 2. The second-order valence-electron chi connectivity index (χ2n) is 6.63. The number of nitrogens with one attached hydrogen (secondary N) is 1. The van der Waals surface area contributed by atoms with Crippen molar-refractivity contribution in [3.05, 3.63) is 48.0 Å². The highest BCUT2D eigenvalue weighted by molar-refractivity contribution is 5.98. The normalized spacial score (nSPS) is 18.3. The van der Waals surface area contributed by atoms with Crippen molar-refractivity contribution in [2.75, 3.05) is 37.5 Å². The third-order valence-corrected chi connectivity index (χ3v) is 5.06. The summed E-state index contributed by atoms with van der Waals surface area (Å²) in [5.74, 6) is 1.27. The van der Waals surface area contributed by atoms with Crippen molar-refractivity contribution >= 4 is 23.3 Å². The first-order valence-electron chi connectivity index (χ1n) is 8.82. The number of carbonyl (C=O) groups excluding carboxylic acids is 2. The van der Waals surface area contributed by atoms with E-state index in [0.29, 0.717) is 23.7 Å². The molecule has 3 amide bonds. The van der Waals surface area contributed by atoms with Gasteiger partial charge in [0.2, 0.25) is 0 Å². The first-order valence-corrected chi connectivity index (χ1v) is 8.82. The lowest BCUT2D eigenvalue weighted by Gasteiger charge is -2.41. The van der Waals surface area contributed by atoms with E-state index in [9.17, 15) is 9.59 Å². The lowest BCUT2D eigenvalue weighted by atomic mass is 9.95. The minimum atomic E-state index is -0.158. The van der Waals surface area contributed by atoms with E-state index in [2.05, 4.69) is 5.32 Å². The molecule has 2 aromatic carbocycles. The molecule has 0 bridgehead atoms. The van der Waals surface area contributed by atoms with Gasteiger partial charge in [0.25, 0.3) is 5.91 Å². The molecular formula is C20H21N3O4. The number of ether oxygens (including phenoxy) is 2. The highest BCUT2D eigenvalue weighted by Crippen LogP contribution is 2.36. The van der Waals surface area contributed by atoms with Crippen LogP contribution in [0.3, 0.4) is 0 Å². The van der Waals surface area contributed by atoms with Crippen molar-refractivity contribution in [3.8, 4) is 11.5 Å². The molecule has 2 aliphatic rings. The predicted octanol–water partition coefficient (Wildman–Crippen LogP) is 3.03. The molecule has 7 nitrogen and oxygen atoms in total. The Labute approximate surface area is 157 Å². The summed E-state index contributed by atoms with van der Waals surface area (Å²) in [6.07, 6.45) is 0.917. The van der Waals surface area contributed by atoms with Gasteiger partial charge in [-0.15, -0.1) is 0 Å². The summed E-state index contributed by atoms with van der Waals surface area (Å²) >= 11 is 0. The van der Waals surface area contributed by atoms with E-state index in [1.807, 2.05) is 24.3 Å². The number of likely N-dealkylation sites (N-methyl/N-ethyl adjacent to an activating group) is 1. The van der Waals surface area contributed by atoms with Crippen LogP contribution in [0.25, 0.3) is 0 Å². The van der Waals surface area contributed by atoms with E-state index >= 15 is 0 Å². The standard InChI is InChI=1S/C20H21N3O4/c1-22-17-7-6-14(11-18(17)27-12-19(22)24)21-20(25)23-9-8-16(23)13-4-3-5-15(10-13)26-2/h3-7,10-11,16H,8-9,12H2,1-2H3,(H,21,25)/t16-/m0/s1. The first-order chi connectivity index (χ1) is 13.1. The largest absolute Gasteiger partial charge is 0.497 e. The number of urea groups is 1. The smallest absolute Gasteiger partial charge is 0.322 e. The van der Waals surface area contributed by atoms with Gasteiger partial charge in [-0.05, 0) is 36.2 Å². The zero-order valence-corrected chi connectivity index (χ0v) is 15.3. The van der Waals surface area contributed by atoms with Crippen LogP contribution in [0, 0.1) is 0 Å². The van der Waals surface area contributed by atoms with Crippen LogP contribution >= 0.6 is 0 Å². The van der Waals surface area contributed by atoms with Crippen LogP contribution in [0.4, 0.5) is 16.2 Å². The summed E-state index contributed by atoms with van der Waals surface area (Å²) < 4.78 is 10.7. The van der Waals surface area contributed by atoms with Crippen LogP contribution in [0.15, 0.2) is 42.5 Å². The highest BCUT2D eigenvalue weighted by Gasteiger charge is 2.34. The topological polar surface area (TPSA) is 71.1 Å². The molecule has 140 valence electrons. The monoisotopic (exact) mass is 367 g/mol. The summed E-state index contributed by atoms with van der Waals surface area (Å²) in [4.78, 5) is 27.7. The lowest BCUT2D eigenvalue weighted by Crippen LogP contribution is -2.47. The van der Waals surface area contributed by atoms with E-state index in [4.69, 9.17) is 9.47 Å². The number of benzene rings is 2. The summed E-state index contributed by atoms with van der Waals surface area (Å²) in [5.41, 5.74) is 2.39. The second kappa shape index (κ2) is 6.83. The van der Waals surface area contributed by atoms with Gasteiger partial charge < -0.3 is 24.6 Å². The Kier molecular flexibility index (Phi) is 4.35. The van der Waals surface area contributed by atoms with Crippen molar-refractivity contribution in [3.63, 3.8) is 0 Å². The Hall–Kier alpha value is -3.22. The van der Waals surface area contributed by atoms with Crippen molar-refractivity contribution in [1.29, 1.82) is 0 Å². The van der Waals surface area contributed by atoms with Gasteiger partial charge in [-0.25, -0.2) is 4.79 Å². The molecular weight excluding hydrogens is 346 g/mol. The van der Waals surface area contributed by atoms with Crippen molar-refractivity contribution in [2.45, 2.75) is 12.5 Å². The molecule has 2 aromatic rings. The number of methoxy groups -OCH3 is 1. The molecule has 4 rings (SSSR count). The van der Waals surface area contributed by atoms with Crippen LogP contribution in [0.1, 0.15) is 18.0 Å². The highest BCUT2D eigenvalue weighted by atomic mass is 16.5.